The van der Waals surface area contributed by atoms with Gasteiger partial charge in [0.1, 0.15) is 12.2 Å². The summed E-state index contributed by atoms with van der Waals surface area (Å²) in [5.74, 6) is -0.587. The fourth-order valence-electron chi connectivity index (χ4n) is 6.57. The fraction of sp³-hybridized carbons (Fsp3) is 0.929. The number of hydrogen-bond acceptors (Lipinski definition) is 5. The largest absolute Gasteiger partial charge is 0.394 e. The number of rotatable bonds is 38. The third-order valence-corrected chi connectivity index (χ3v) is 9.98. The molecule has 0 saturated heterocycles. The van der Waals surface area contributed by atoms with Gasteiger partial charge < -0.3 is 25.7 Å². The number of aliphatic hydroxyl groups excluding tert-OH is 4. The molecule has 0 radical (unpaired) electrons. The molecule has 0 aromatic rings. The van der Waals surface area contributed by atoms with Gasteiger partial charge in [0.05, 0.1) is 18.8 Å². The zero-order valence-corrected chi connectivity index (χ0v) is 32.0. The molecule has 5 N–H and O–H groups in total. The Hall–Kier alpha value is -0.950. The summed E-state index contributed by atoms with van der Waals surface area (Å²) in [6.07, 6.45) is 39.5. The van der Waals surface area contributed by atoms with E-state index < -0.39 is 36.9 Å². The van der Waals surface area contributed by atoms with Gasteiger partial charge in [-0.25, -0.2) is 0 Å². The number of aliphatic hydroxyl groups is 4. The molecule has 0 aromatic heterocycles. The molecule has 0 aliphatic heterocycles. The van der Waals surface area contributed by atoms with Crippen molar-refractivity contribution in [2.24, 2.45) is 0 Å². The van der Waals surface area contributed by atoms with Crippen LogP contribution < -0.4 is 5.32 Å². The number of amides is 1. The van der Waals surface area contributed by atoms with Gasteiger partial charge in [0, 0.05) is 0 Å². The van der Waals surface area contributed by atoms with E-state index in [9.17, 15) is 25.2 Å². The predicted molar refractivity (Wildman–Crippen MR) is 205 cm³/mol. The molecule has 0 spiro atoms. The molecule has 6 heteroatoms. The second-order valence-electron chi connectivity index (χ2n) is 14.7. The molecule has 0 heterocycles. The summed E-state index contributed by atoms with van der Waals surface area (Å²) < 4.78 is 0. The van der Waals surface area contributed by atoms with Crippen LogP contribution in [-0.2, 0) is 4.79 Å². The van der Waals surface area contributed by atoms with Gasteiger partial charge in [0.25, 0.3) is 0 Å². The highest BCUT2D eigenvalue weighted by molar-refractivity contribution is 5.80. The van der Waals surface area contributed by atoms with Gasteiger partial charge in [-0.15, -0.1) is 0 Å². The first-order chi connectivity index (χ1) is 23.5. The van der Waals surface area contributed by atoms with Crippen molar-refractivity contribution in [3.05, 3.63) is 12.2 Å². The highest BCUT2D eigenvalue weighted by atomic mass is 16.3. The van der Waals surface area contributed by atoms with Crippen molar-refractivity contribution in [3.63, 3.8) is 0 Å². The van der Waals surface area contributed by atoms with E-state index in [1.807, 2.05) is 0 Å². The third kappa shape index (κ3) is 31.1. The molecule has 0 fully saturated rings. The lowest BCUT2D eigenvalue weighted by Crippen LogP contribution is -2.53. The molecule has 4 atom stereocenters. The standard InChI is InChI=1S/C42H83NO5/c1-3-5-7-9-11-13-15-17-19-20-21-22-24-26-28-30-32-34-36-40(46)42(48)43-38(37-44)41(47)39(45)35-33-31-29-27-25-23-18-16-14-12-10-8-6-4-2/h23,25,38-41,44-47H,3-22,24,26-37H2,1-2H3,(H,43,48)/t38-,39+,40+,41-/m0/s1. The van der Waals surface area contributed by atoms with Gasteiger partial charge in [-0.2, -0.15) is 0 Å². The van der Waals surface area contributed by atoms with Crippen LogP contribution in [0.25, 0.3) is 0 Å². The molecular weight excluding hydrogens is 598 g/mol. The summed E-state index contributed by atoms with van der Waals surface area (Å²) in [4.78, 5) is 12.5. The van der Waals surface area contributed by atoms with Crippen LogP contribution in [0.2, 0.25) is 0 Å². The van der Waals surface area contributed by atoms with Crippen molar-refractivity contribution in [1.82, 2.24) is 5.32 Å². The maximum atomic E-state index is 12.5. The highest BCUT2D eigenvalue weighted by Crippen LogP contribution is 2.16. The average Bonchev–Trinajstić information content (AvgIpc) is 3.09. The normalized spacial score (nSPS) is 14.4. The second kappa shape index (κ2) is 37.3. The number of carbonyl (C=O) groups is 1. The van der Waals surface area contributed by atoms with Crippen LogP contribution in [0.4, 0.5) is 0 Å². The fourth-order valence-corrected chi connectivity index (χ4v) is 6.57. The van der Waals surface area contributed by atoms with E-state index in [0.29, 0.717) is 12.8 Å². The van der Waals surface area contributed by atoms with Crippen LogP contribution in [0.1, 0.15) is 219 Å². The van der Waals surface area contributed by atoms with E-state index in [0.717, 1.165) is 51.4 Å². The Morgan fingerprint density at radius 1 is 0.500 bits per heavy atom. The zero-order chi connectivity index (χ0) is 35.3. The Labute approximate surface area is 298 Å². The summed E-state index contributed by atoms with van der Waals surface area (Å²) in [6.45, 7) is 4.04. The lowest BCUT2D eigenvalue weighted by Gasteiger charge is -2.27. The van der Waals surface area contributed by atoms with E-state index in [4.69, 9.17) is 0 Å². The Kier molecular flexibility index (Phi) is 36.6. The van der Waals surface area contributed by atoms with Gasteiger partial charge in [-0.3, -0.25) is 4.79 Å². The number of nitrogens with one attached hydrogen (secondary N) is 1. The van der Waals surface area contributed by atoms with Gasteiger partial charge in [0.2, 0.25) is 5.91 Å². The van der Waals surface area contributed by atoms with Crippen molar-refractivity contribution in [3.8, 4) is 0 Å². The van der Waals surface area contributed by atoms with Crippen molar-refractivity contribution in [2.45, 2.75) is 244 Å². The van der Waals surface area contributed by atoms with E-state index >= 15 is 0 Å². The monoisotopic (exact) mass is 682 g/mol. The Morgan fingerprint density at radius 2 is 0.833 bits per heavy atom. The predicted octanol–water partition coefficient (Wildman–Crippen LogP) is 10.6. The van der Waals surface area contributed by atoms with Crippen molar-refractivity contribution in [2.75, 3.05) is 6.61 Å². The van der Waals surface area contributed by atoms with Crippen molar-refractivity contribution in [1.29, 1.82) is 0 Å². The minimum atomic E-state index is -1.27. The van der Waals surface area contributed by atoms with E-state index in [2.05, 4.69) is 31.3 Å². The zero-order valence-electron chi connectivity index (χ0n) is 32.0. The molecular formula is C42H83NO5. The van der Waals surface area contributed by atoms with Crippen LogP contribution in [-0.4, -0.2) is 57.3 Å². The number of carbonyl (C=O) groups excluding carboxylic acids is 1. The Morgan fingerprint density at radius 3 is 1.23 bits per heavy atom. The number of allylic oxidation sites excluding steroid dienone is 2. The molecule has 0 aliphatic rings. The van der Waals surface area contributed by atoms with Gasteiger partial charge in [0.15, 0.2) is 0 Å². The Balaban J connectivity index is 3.75. The number of unbranched alkanes of at least 4 members (excludes halogenated alkanes) is 27. The summed E-state index contributed by atoms with van der Waals surface area (Å²) in [6, 6.07) is -0.989. The van der Waals surface area contributed by atoms with E-state index in [1.54, 1.807) is 0 Å². The molecule has 48 heavy (non-hydrogen) atoms. The molecule has 286 valence electrons. The van der Waals surface area contributed by atoms with Crippen LogP contribution in [0.15, 0.2) is 12.2 Å². The minimum absolute atomic E-state index is 0.370. The smallest absolute Gasteiger partial charge is 0.249 e. The van der Waals surface area contributed by atoms with E-state index in [-0.39, 0.29) is 0 Å². The highest BCUT2D eigenvalue weighted by Gasteiger charge is 2.28. The van der Waals surface area contributed by atoms with E-state index in [1.165, 1.54) is 141 Å². The topological polar surface area (TPSA) is 110 Å². The summed E-state index contributed by atoms with van der Waals surface area (Å²) in [7, 11) is 0. The Bertz CT molecular complexity index is 687. The first-order valence-corrected chi connectivity index (χ1v) is 21.1. The molecule has 0 rings (SSSR count). The van der Waals surface area contributed by atoms with Crippen LogP contribution in [0, 0.1) is 0 Å². The van der Waals surface area contributed by atoms with Crippen molar-refractivity contribution < 1.29 is 25.2 Å². The molecule has 0 saturated carbocycles. The average molecular weight is 682 g/mol. The quantitative estimate of drug-likeness (QED) is 0.0329. The van der Waals surface area contributed by atoms with Gasteiger partial charge in [-0.05, 0) is 38.5 Å². The van der Waals surface area contributed by atoms with Gasteiger partial charge >= 0.3 is 0 Å². The lowest BCUT2D eigenvalue weighted by molar-refractivity contribution is -0.132. The van der Waals surface area contributed by atoms with Crippen molar-refractivity contribution >= 4 is 5.91 Å². The molecule has 0 unspecified atom stereocenters. The lowest BCUT2D eigenvalue weighted by atomic mass is 9.99. The van der Waals surface area contributed by atoms with Crippen LogP contribution in [0.3, 0.4) is 0 Å². The molecule has 0 aliphatic carbocycles. The second-order valence-corrected chi connectivity index (χ2v) is 14.7. The third-order valence-electron chi connectivity index (χ3n) is 9.98. The van der Waals surface area contributed by atoms with Gasteiger partial charge in [-0.1, -0.05) is 193 Å². The molecule has 0 bridgehead atoms. The van der Waals surface area contributed by atoms with Crippen LogP contribution >= 0.6 is 0 Å². The SMILES string of the molecule is CCCCCCCCCC=CCCCCC[C@@H](O)[C@@H](O)[C@H](CO)NC(=O)[C@H](O)CCCCCCCCCCCCCCCCCCCC. The molecule has 1 amide bonds. The first kappa shape index (κ1) is 47.0. The minimum Gasteiger partial charge on any atom is -0.394 e. The molecule has 0 aromatic carbocycles. The summed E-state index contributed by atoms with van der Waals surface area (Å²) >= 11 is 0. The number of hydrogen-bond donors (Lipinski definition) is 5. The van der Waals surface area contributed by atoms with Crippen LogP contribution in [0.5, 0.6) is 0 Å². The maximum Gasteiger partial charge on any atom is 0.249 e. The first-order valence-electron chi connectivity index (χ1n) is 21.1. The summed E-state index contributed by atoms with van der Waals surface area (Å²) in [5, 5.41) is 43.6. The summed E-state index contributed by atoms with van der Waals surface area (Å²) in [5.41, 5.74) is 0. The molecule has 6 nitrogen and oxygen atoms in total. The maximum absolute atomic E-state index is 12.5.